The lowest BCUT2D eigenvalue weighted by Crippen LogP contribution is -2.15. The fraction of sp³-hybridized carbons (Fsp3) is 0.625. The predicted molar refractivity (Wildman–Crippen MR) is 73.8 cm³/mol. The van der Waals surface area contributed by atoms with Gasteiger partial charge in [0.1, 0.15) is 5.75 Å². The van der Waals surface area contributed by atoms with Crippen molar-refractivity contribution in [2.24, 2.45) is 5.92 Å². The molecule has 1 aromatic carbocycles. The molecule has 1 fully saturated rings. The van der Waals surface area contributed by atoms with Gasteiger partial charge in [0.2, 0.25) is 0 Å². The highest BCUT2D eigenvalue weighted by atomic mass is 16.5. The smallest absolute Gasteiger partial charge is 0.119 e. The maximum absolute atomic E-state index is 9.82. The van der Waals surface area contributed by atoms with Crippen molar-refractivity contribution in [2.75, 3.05) is 6.61 Å². The minimum atomic E-state index is -0.372. The van der Waals surface area contributed by atoms with Gasteiger partial charge in [0.05, 0.1) is 12.7 Å². The minimum absolute atomic E-state index is 0.372. The summed E-state index contributed by atoms with van der Waals surface area (Å²) < 4.78 is 5.87. The molecule has 1 aliphatic rings. The van der Waals surface area contributed by atoms with E-state index in [4.69, 9.17) is 4.74 Å². The van der Waals surface area contributed by atoms with E-state index in [0.717, 1.165) is 30.3 Å². The Morgan fingerprint density at radius 1 is 1.28 bits per heavy atom. The summed E-state index contributed by atoms with van der Waals surface area (Å²) in [7, 11) is 0. The Kier molecular flexibility index (Phi) is 5.06. The molecule has 0 spiro atoms. The molecule has 1 N–H and O–H groups in total. The van der Waals surface area contributed by atoms with Crippen molar-refractivity contribution in [2.45, 2.75) is 51.6 Å². The molecule has 1 saturated carbocycles. The third-order valence-corrected chi connectivity index (χ3v) is 3.84. The summed E-state index contributed by atoms with van der Waals surface area (Å²) in [6.07, 6.45) is 7.06. The normalized spacial score (nSPS) is 18.6. The first kappa shape index (κ1) is 13.4. The molecule has 2 heteroatoms. The van der Waals surface area contributed by atoms with Gasteiger partial charge >= 0.3 is 0 Å². The van der Waals surface area contributed by atoms with Crippen LogP contribution in [0.2, 0.25) is 0 Å². The number of hydrogen-bond acceptors (Lipinski definition) is 2. The van der Waals surface area contributed by atoms with Crippen molar-refractivity contribution in [1.29, 1.82) is 0 Å². The molecule has 2 nitrogen and oxygen atoms in total. The molecule has 100 valence electrons. The topological polar surface area (TPSA) is 29.5 Å². The van der Waals surface area contributed by atoms with Gasteiger partial charge in [-0.15, -0.1) is 0 Å². The molecular formula is C16H24O2. The van der Waals surface area contributed by atoms with Crippen LogP contribution in [0, 0.1) is 5.92 Å². The SMILES string of the molecule is CCC(O)c1cccc(OCC2CCCCC2)c1. The lowest BCUT2D eigenvalue weighted by atomic mass is 9.90. The first-order valence-corrected chi connectivity index (χ1v) is 7.20. The third kappa shape index (κ3) is 3.74. The largest absolute Gasteiger partial charge is 0.493 e. The van der Waals surface area contributed by atoms with Gasteiger partial charge in [0, 0.05) is 0 Å². The van der Waals surface area contributed by atoms with Crippen molar-refractivity contribution >= 4 is 0 Å². The monoisotopic (exact) mass is 248 g/mol. The first-order valence-electron chi connectivity index (χ1n) is 7.20. The summed E-state index contributed by atoms with van der Waals surface area (Å²) in [6, 6.07) is 7.87. The number of hydrogen-bond donors (Lipinski definition) is 1. The van der Waals surface area contributed by atoms with Crippen LogP contribution in [-0.4, -0.2) is 11.7 Å². The summed E-state index contributed by atoms with van der Waals surface area (Å²) in [4.78, 5) is 0. The summed E-state index contributed by atoms with van der Waals surface area (Å²) in [5.74, 6) is 1.61. The van der Waals surface area contributed by atoms with Gasteiger partial charge < -0.3 is 9.84 Å². The molecule has 0 aliphatic heterocycles. The van der Waals surface area contributed by atoms with Crippen LogP contribution in [0.1, 0.15) is 57.1 Å². The number of rotatable bonds is 5. The van der Waals surface area contributed by atoms with E-state index >= 15 is 0 Å². The molecule has 0 amide bonds. The molecule has 1 atom stereocenters. The summed E-state index contributed by atoms with van der Waals surface area (Å²) >= 11 is 0. The number of aliphatic hydroxyl groups excluding tert-OH is 1. The van der Waals surface area contributed by atoms with Crippen LogP contribution >= 0.6 is 0 Å². The maximum Gasteiger partial charge on any atom is 0.119 e. The Morgan fingerprint density at radius 3 is 2.78 bits per heavy atom. The molecule has 0 heterocycles. The van der Waals surface area contributed by atoms with Gasteiger partial charge in [-0.1, -0.05) is 38.3 Å². The van der Waals surface area contributed by atoms with Crippen molar-refractivity contribution in [1.82, 2.24) is 0 Å². The van der Waals surface area contributed by atoms with Gasteiger partial charge in [-0.05, 0) is 42.9 Å². The van der Waals surface area contributed by atoms with Crippen molar-refractivity contribution in [3.63, 3.8) is 0 Å². The molecule has 1 aliphatic carbocycles. The molecule has 1 unspecified atom stereocenters. The number of aliphatic hydroxyl groups is 1. The highest BCUT2D eigenvalue weighted by Gasteiger charge is 2.14. The molecule has 18 heavy (non-hydrogen) atoms. The van der Waals surface area contributed by atoms with Gasteiger partial charge in [0.15, 0.2) is 0 Å². The van der Waals surface area contributed by atoms with Crippen LogP contribution in [0.15, 0.2) is 24.3 Å². The van der Waals surface area contributed by atoms with Crippen LogP contribution in [0.25, 0.3) is 0 Å². The van der Waals surface area contributed by atoms with Crippen LogP contribution in [0.4, 0.5) is 0 Å². The predicted octanol–water partition coefficient (Wildman–Crippen LogP) is 4.09. The fourth-order valence-corrected chi connectivity index (χ4v) is 2.62. The quantitative estimate of drug-likeness (QED) is 0.850. The van der Waals surface area contributed by atoms with E-state index in [0.29, 0.717) is 0 Å². The second-order valence-corrected chi connectivity index (χ2v) is 5.31. The van der Waals surface area contributed by atoms with Crippen molar-refractivity contribution in [3.05, 3.63) is 29.8 Å². The summed E-state index contributed by atoms with van der Waals surface area (Å²) in [6.45, 7) is 2.81. The van der Waals surface area contributed by atoms with Gasteiger partial charge in [-0.2, -0.15) is 0 Å². The molecule has 1 aromatic rings. The van der Waals surface area contributed by atoms with E-state index in [2.05, 4.69) is 0 Å². The average Bonchev–Trinajstić information content (AvgIpc) is 2.45. The third-order valence-electron chi connectivity index (χ3n) is 3.84. The van der Waals surface area contributed by atoms with E-state index in [1.807, 2.05) is 31.2 Å². The zero-order chi connectivity index (χ0) is 12.8. The van der Waals surface area contributed by atoms with Gasteiger partial charge in [-0.3, -0.25) is 0 Å². The lowest BCUT2D eigenvalue weighted by Gasteiger charge is -2.22. The zero-order valence-electron chi connectivity index (χ0n) is 11.3. The Labute approximate surface area is 110 Å². The lowest BCUT2D eigenvalue weighted by molar-refractivity contribution is 0.172. The van der Waals surface area contributed by atoms with Crippen LogP contribution in [0.5, 0.6) is 5.75 Å². The first-order chi connectivity index (χ1) is 8.79. The Balaban J connectivity index is 1.88. The summed E-state index contributed by atoms with van der Waals surface area (Å²) in [5.41, 5.74) is 0.957. The number of ether oxygens (including phenoxy) is 1. The van der Waals surface area contributed by atoms with Gasteiger partial charge in [0.25, 0.3) is 0 Å². The minimum Gasteiger partial charge on any atom is -0.493 e. The van der Waals surface area contributed by atoms with Crippen LogP contribution in [-0.2, 0) is 0 Å². The molecular weight excluding hydrogens is 224 g/mol. The van der Waals surface area contributed by atoms with E-state index in [-0.39, 0.29) is 6.10 Å². The molecule has 2 rings (SSSR count). The van der Waals surface area contributed by atoms with Crippen LogP contribution in [0.3, 0.4) is 0 Å². The summed E-state index contributed by atoms with van der Waals surface area (Å²) in [5, 5.41) is 9.82. The zero-order valence-corrected chi connectivity index (χ0v) is 11.3. The second kappa shape index (κ2) is 6.79. The van der Waals surface area contributed by atoms with E-state index in [1.165, 1.54) is 32.1 Å². The van der Waals surface area contributed by atoms with E-state index in [1.54, 1.807) is 0 Å². The van der Waals surface area contributed by atoms with Gasteiger partial charge in [-0.25, -0.2) is 0 Å². The van der Waals surface area contributed by atoms with Crippen LogP contribution < -0.4 is 4.74 Å². The van der Waals surface area contributed by atoms with E-state index in [9.17, 15) is 5.11 Å². The molecule has 0 saturated heterocycles. The standard InChI is InChI=1S/C16H24O2/c1-2-16(17)14-9-6-10-15(11-14)18-12-13-7-4-3-5-8-13/h6,9-11,13,16-17H,2-5,7-8,12H2,1H3. The highest BCUT2D eigenvalue weighted by molar-refractivity contribution is 5.29. The maximum atomic E-state index is 9.82. The molecule has 0 aromatic heterocycles. The number of benzene rings is 1. The Hall–Kier alpha value is -1.02. The van der Waals surface area contributed by atoms with E-state index < -0.39 is 0 Å². The Morgan fingerprint density at radius 2 is 2.06 bits per heavy atom. The fourth-order valence-electron chi connectivity index (χ4n) is 2.62. The Bertz CT molecular complexity index is 356. The average molecular weight is 248 g/mol. The second-order valence-electron chi connectivity index (χ2n) is 5.31. The molecule has 0 bridgehead atoms. The molecule has 0 radical (unpaired) electrons. The van der Waals surface area contributed by atoms with Crippen molar-refractivity contribution in [3.8, 4) is 5.75 Å². The highest BCUT2D eigenvalue weighted by Crippen LogP contribution is 2.26. The van der Waals surface area contributed by atoms with Crippen molar-refractivity contribution < 1.29 is 9.84 Å².